The van der Waals surface area contributed by atoms with E-state index < -0.39 is 0 Å². The third-order valence-corrected chi connectivity index (χ3v) is 3.85. The van der Waals surface area contributed by atoms with Crippen molar-refractivity contribution in [1.29, 1.82) is 0 Å². The van der Waals surface area contributed by atoms with Crippen molar-refractivity contribution in [2.75, 3.05) is 13.2 Å². The molecule has 0 aliphatic heterocycles. The molecular formula is C16H24N2O2. The van der Waals surface area contributed by atoms with E-state index >= 15 is 0 Å². The van der Waals surface area contributed by atoms with Gasteiger partial charge in [-0.05, 0) is 43.4 Å². The zero-order valence-corrected chi connectivity index (χ0v) is 12.1. The van der Waals surface area contributed by atoms with Gasteiger partial charge in [-0.3, -0.25) is 4.79 Å². The van der Waals surface area contributed by atoms with Crippen molar-refractivity contribution in [2.24, 2.45) is 11.7 Å². The lowest BCUT2D eigenvalue weighted by molar-refractivity contribution is -0.122. The van der Waals surface area contributed by atoms with Gasteiger partial charge in [-0.1, -0.05) is 18.6 Å². The number of nitrogens with two attached hydrogens (primary N) is 1. The van der Waals surface area contributed by atoms with Crippen LogP contribution in [0.2, 0.25) is 0 Å². The lowest BCUT2D eigenvalue weighted by Crippen LogP contribution is -2.33. The molecule has 110 valence electrons. The van der Waals surface area contributed by atoms with Crippen molar-refractivity contribution in [2.45, 2.75) is 38.6 Å². The molecule has 1 fully saturated rings. The Bertz CT molecular complexity index is 448. The predicted octanol–water partition coefficient (Wildman–Crippen LogP) is 2.01. The van der Waals surface area contributed by atoms with E-state index in [0.29, 0.717) is 25.5 Å². The Labute approximate surface area is 120 Å². The van der Waals surface area contributed by atoms with Crippen molar-refractivity contribution in [3.8, 4) is 5.75 Å². The van der Waals surface area contributed by atoms with Gasteiger partial charge in [-0.15, -0.1) is 0 Å². The number of amides is 1. The van der Waals surface area contributed by atoms with Crippen LogP contribution in [0.15, 0.2) is 24.3 Å². The molecule has 1 aromatic carbocycles. The third kappa shape index (κ3) is 4.53. The van der Waals surface area contributed by atoms with Gasteiger partial charge in [-0.25, -0.2) is 0 Å². The molecule has 1 amide bonds. The number of rotatable bonds is 6. The maximum atomic E-state index is 11.8. The van der Waals surface area contributed by atoms with Crippen LogP contribution in [-0.4, -0.2) is 25.1 Å². The van der Waals surface area contributed by atoms with Crippen LogP contribution in [0, 0.1) is 12.8 Å². The Morgan fingerprint density at radius 2 is 2.30 bits per heavy atom. The van der Waals surface area contributed by atoms with E-state index in [1.165, 1.54) is 5.56 Å². The summed E-state index contributed by atoms with van der Waals surface area (Å²) in [5, 5.41) is 2.90. The van der Waals surface area contributed by atoms with Gasteiger partial charge in [0.1, 0.15) is 12.4 Å². The molecule has 3 N–H and O–H groups in total. The Kier molecular flexibility index (Phi) is 5.41. The fourth-order valence-corrected chi connectivity index (χ4v) is 2.69. The van der Waals surface area contributed by atoms with Crippen molar-refractivity contribution >= 4 is 5.91 Å². The fraction of sp³-hybridized carbons (Fsp3) is 0.562. The summed E-state index contributed by atoms with van der Waals surface area (Å²) in [6.07, 6.45) is 3.82. The van der Waals surface area contributed by atoms with Gasteiger partial charge >= 0.3 is 0 Å². The monoisotopic (exact) mass is 276 g/mol. The molecule has 1 aliphatic rings. The maximum absolute atomic E-state index is 11.8. The summed E-state index contributed by atoms with van der Waals surface area (Å²) in [6.45, 7) is 3.06. The molecule has 0 saturated heterocycles. The number of carbonyl (C=O) groups excluding carboxylic acids is 1. The summed E-state index contributed by atoms with van der Waals surface area (Å²) < 4.78 is 5.59. The second-order valence-electron chi connectivity index (χ2n) is 5.57. The molecule has 0 bridgehead atoms. The van der Waals surface area contributed by atoms with Crippen molar-refractivity contribution < 1.29 is 9.53 Å². The molecule has 1 saturated carbocycles. The molecule has 1 aromatic rings. The quantitative estimate of drug-likeness (QED) is 0.781. The smallest absolute Gasteiger partial charge is 0.220 e. The first-order valence-corrected chi connectivity index (χ1v) is 7.37. The molecule has 0 aromatic heterocycles. The van der Waals surface area contributed by atoms with Crippen LogP contribution in [0.5, 0.6) is 5.75 Å². The highest BCUT2D eigenvalue weighted by Gasteiger charge is 2.25. The first-order valence-electron chi connectivity index (χ1n) is 7.37. The Morgan fingerprint density at radius 3 is 3.00 bits per heavy atom. The standard InChI is InChI=1S/C16H24N2O2/c1-12-4-2-6-14(10-12)20-9-8-18-16(19)11-13-5-3-7-15(13)17/h2,4,6,10,13,15H,3,5,7-9,11,17H2,1H3,(H,18,19)/t13-,15+/m0/s1. The highest BCUT2D eigenvalue weighted by atomic mass is 16.5. The molecule has 20 heavy (non-hydrogen) atoms. The zero-order valence-electron chi connectivity index (χ0n) is 12.1. The molecular weight excluding hydrogens is 252 g/mol. The lowest BCUT2D eigenvalue weighted by atomic mass is 10.00. The number of hydrogen-bond acceptors (Lipinski definition) is 3. The van der Waals surface area contributed by atoms with Gasteiger partial charge in [-0.2, -0.15) is 0 Å². The minimum absolute atomic E-state index is 0.0835. The Morgan fingerprint density at radius 1 is 1.45 bits per heavy atom. The van der Waals surface area contributed by atoms with E-state index in [1.807, 2.05) is 31.2 Å². The first-order chi connectivity index (χ1) is 9.65. The van der Waals surface area contributed by atoms with Crippen LogP contribution in [0.25, 0.3) is 0 Å². The number of hydrogen-bond donors (Lipinski definition) is 2. The van der Waals surface area contributed by atoms with Gasteiger partial charge < -0.3 is 15.8 Å². The largest absolute Gasteiger partial charge is 0.492 e. The maximum Gasteiger partial charge on any atom is 0.220 e. The normalized spacial score (nSPS) is 21.7. The van der Waals surface area contributed by atoms with Crippen molar-refractivity contribution in [3.05, 3.63) is 29.8 Å². The average molecular weight is 276 g/mol. The lowest BCUT2D eigenvalue weighted by Gasteiger charge is -2.14. The number of nitrogens with one attached hydrogen (secondary N) is 1. The third-order valence-electron chi connectivity index (χ3n) is 3.85. The summed E-state index contributed by atoms with van der Waals surface area (Å²) in [4.78, 5) is 11.8. The second-order valence-corrected chi connectivity index (χ2v) is 5.57. The van der Waals surface area contributed by atoms with E-state index in [1.54, 1.807) is 0 Å². The van der Waals surface area contributed by atoms with E-state index in [2.05, 4.69) is 5.32 Å². The Balaban J connectivity index is 1.62. The van der Waals surface area contributed by atoms with Gasteiger partial charge in [0, 0.05) is 12.5 Å². The van der Waals surface area contributed by atoms with Crippen LogP contribution in [0.1, 0.15) is 31.2 Å². The molecule has 4 nitrogen and oxygen atoms in total. The Hall–Kier alpha value is -1.55. The summed E-state index contributed by atoms with van der Waals surface area (Å²) >= 11 is 0. The van der Waals surface area contributed by atoms with Crippen LogP contribution >= 0.6 is 0 Å². The van der Waals surface area contributed by atoms with Gasteiger partial charge in [0.15, 0.2) is 0 Å². The van der Waals surface area contributed by atoms with Crippen LogP contribution < -0.4 is 15.8 Å². The predicted molar refractivity (Wildman–Crippen MR) is 79.6 cm³/mol. The van der Waals surface area contributed by atoms with E-state index in [-0.39, 0.29) is 11.9 Å². The van der Waals surface area contributed by atoms with Crippen LogP contribution in [0.4, 0.5) is 0 Å². The molecule has 2 rings (SSSR count). The highest BCUT2D eigenvalue weighted by Crippen LogP contribution is 2.26. The second kappa shape index (κ2) is 7.29. The van der Waals surface area contributed by atoms with E-state index in [0.717, 1.165) is 25.0 Å². The molecule has 0 radical (unpaired) electrons. The molecule has 1 aliphatic carbocycles. The summed E-state index contributed by atoms with van der Waals surface area (Å²) in [5.41, 5.74) is 7.14. The van der Waals surface area contributed by atoms with Crippen molar-refractivity contribution in [1.82, 2.24) is 5.32 Å². The average Bonchev–Trinajstić information content (AvgIpc) is 2.80. The topological polar surface area (TPSA) is 64.3 Å². The van der Waals surface area contributed by atoms with Gasteiger partial charge in [0.25, 0.3) is 0 Å². The summed E-state index contributed by atoms with van der Waals surface area (Å²) in [5.74, 6) is 1.28. The minimum atomic E-state index is 0.0835. The molecule has 0 spiro atoms. The van der Waals surface area contributed by atoms with Crippen LogP contribution in [-0.2, 0) is 4.79 Å². The van der Waals surface area contributed by atoms with E-state index in [9.17, 15) is 4.79 Å². The summed E-state index contributed by atoms with van der Waals surface area (Å²) in [6, 6.07) is 8.10. The SMILES string of the molecule is Cc1cccc(OCCNC(=O)C[C@@H]2CCC[C@H]2N)c1. The molecule has 0 heterocycles. The number of ether oxygens (including phenoxy) is 1. The van der Waals surface area contributed by atoms with Crippen LogP contribution in [0.3, 0.4) is 0 Å². The van der Waals surface area contributed by atoms with Crippen molar-refractivity contribution in [3.63, 3.8) is 0 Å². The molecule has 0 unspecified atom stereocenters. The number of carbonyl (C=O) groups is 1. The van der Waals surface area contributed by atoms with Gasteiger partial charge in [0.2, 0.25) is 5.91 Å². The molecule has 4 heteroatoms. The van der Waals surface area contributed by atoms with Gasteiger partial charge in [0.05, 0.1) is 6.54 Å². The zero-order chi connectivity index (χ0) is 14.4. The fourth-order valence-electron chi connectivity index (χ4n) is 2.69. The highest BCUT2D eigenvalue weighted by molar-refractivity contribution is 5.76. The first kappa shape index (κ1) is 14.9. The summed E-state index contributed by atoms with van der Waals surface area (Å²) in [7, 11) is 0. The van der Waals surface area contributed by atoms with E-state index in [4.69, 9.17) is 10.5 Å². The molecule has 2 atom stereocenters. The number of aryl methyl sites for hydroxylation is 1. The number of benzene rings is 1. The minimum Gasteiger partial charge on any atom is -0.492 e.